The zero-order valence-corrected chi connectivity index (χ0v) is 14.7. The molecule has 1 amide bonds. The molecule has 23 heavy (non-hydrogen) atoms. The third-order valence-electron chi connectivity index (χ3n) is 3.14. The Morgan fingerprint density at radius 3 is 2.83 bits per heavy atom. The van der Waals surface area contributed by atoms with Crippen LogP contribution in [0, 0.1) is 0 Å². The van der Waals surface area contributed by atoms with Crippen LogP contribution in [0.25, 0.3) is 5.69 Å². The summed E-state index contributed by atoms with van der Waals surface area (Å²) in [6.07, 6.45) is 1.93. The summed E-state index contributed by atoms with van der Waals surface area (Å²) in [5.74, 6) is 0.204. The van der Waals surface area contributed by atoms with Crippen molar-refractivity contribution in [2.24, 2.45) is 0 Å². The van der Waals surface area contributed by atoms with Gasteiger partial charge >= 0.3 is 0 Å². The Morgan fingerprint density at radius 1 is 1.39 bits per heavy atom. The van der Waals surface area contributed by atoms with Gasteiger partial charge in [0.15, 0.2) is 6.10 Å². The highest BCUT2D eigenvalue weighted by Crippen LogP contribution is 2.25. The van der Waals surface area contributed by atoms with Crippen molar-refractivity contribution >= 4 is 21.8 Å². The van der Waals surface area contributed by atoms with E-state index in [9.17, 15) is 4.79 Å². The average Bonchev–Trinajstić information content (AvgIpc) is 2.93. The van der Waals surface area contributed by atoms with E-state index in [-0.39, 0.29) is 5.91 Å². The lowest BCUT2D eigenvalue weighted by Crippen LogP contribution is -2.37. The number of methoxy groups -OCH3 is 1. The van der Waals surface area contributed by atoms with Crippen LogP contribution in [-0.4, -0.2) is 42.1 Å². The molecule has 1 atom stereocenters. The highest BCUT2D eigenvalue weighted by atomic mass is 79.9. The van der Waals surface area contributed by atoms with E-state index in [4.69, 9.17) is 9.47 Å². The molecule has 1 N–H and O–H groups in total. The number of ether oxygens (including phenoxy) is 2. The van der Waals surface area contributed by atoms with Crippen LogP contribution in [0.4, 0.5) is 0 Å². The number of hydrogen-bond donors (Lipinski definition) is 1. The lowest BCUT2D eigenvalue weighted by molar-refractivity contribution is -0.127. The maximum absolute atomic E-state index is 12.0. The van der Waals surface area contributed by atoms with E-state index < -0.39 is 6.10 Å². The molecule has 1 heterocycles. The summed E-state index contributed by atoms with van der Waals surface area (Å²) in [6.45, 7) is 2.86. The van der Waals surface area contributed by atoms with Crippen molar-refractivity contribution in [2.75, 3.05) is 20.3 Å². The van der Waals surface area contributed by atoms with Gasteiger partial charge in [-0.05, 0) is 41.4 Å². The molecule has 0 saturated carbocycles. The van der Waals surface area contributed by atoms with Gasteiger partial charge in [-0.1, -0.05) is 18.2 Å². The second-order valence-corrected chi connectivity index (χ2v) is 5.81. The molecule has 0 aliphatic rings. The van der Waals surface area contributed by atoms with Gasteiger partial charge in [0.1, 0.15) is 0 Å². The molecule has 0 unspecified atom stereocenters. The van der Waals surface area contributed by atoms with Crippen LogP contribution >= 0.6 is 15.9 Å². The Morgan fingerprint density at radius 2 is 2.13 bits per heavy atom. The van der Waals surface area contributed by atoms with E-state index in [2.05, 4.69) is 26.3 Å². The predicted octanol–water partition coefficient (Wildman–Crippen LogP) is 2.55. The molecule has 0 fully saturated rings. The molecule has 124 valence electrons. The van der Waals surface area contributed by atoms with E-state index in [1.54, 1.807) is 24.9 Å². The van der Waals surface area contributed by atoms with Crippen molar-refractivity contribution < 1.29 is 14.3 Å². The molecule has 2 aromatic rings. The third kappa shape index (κ3) is 5.07. The van der Waals surface area contributed by atoms with Crippen LogP contribution in [0.3, 0.4) is 0 Å². The van der Waals surface area contributed by atoms with Gasteiger partial charge in [-0.3, -0.25) is 4.79 Å². The van der Waals surface area contributed by atoms with Crippen molar-refractivity contribution in [3.63, 3.8) is 0 Å². The average molecular weight is 382 g/mol. The fourth-order valence-corrected chi connectivity index (χ4v) is 2.29. The fourth-order valence-electron chi connectivity index (χ4n) is 1.92. The number of rotatable bonds is 8. The summed E-state index contributed by atoms with van der Waals surface area (Å²) in [4.78, 5) is 12.0. The number of amides is 1. The minimum atomic E-state index is -0.632. The zero-order chi connectivity index (χ0) is 16.7. The Bertz CT molecular complexity index is 631. The summed E-state index contributed by atoms with van der Waals surface area (Å²) in [6, 6.07) is 9.68. The lowest BCUT2D eigenvalue weighted by atomic mass is 10.3. The molecule has 1 aromatic carbocycles. The van der Waals surface area contributed by atoms with Gasteiger partial charge in [0, 0.05) is 26.5 Å². The normalized spacial score (nSPS) is 12.0. The van der Waals surface area contributed by atoms with Gasteiger partial charge in [-0.2, -0.15) is 0 Å². The van der Waals surface area contributed by atoms with Crippen molar-refractivity contribution in [3.05, 3.63) is 41.0 Å². The molecule has 0 bridgehead atoms. The monoisotopic (exact) mass is 381 g/mol. The standard InChI is InChI=1S/C16H20BrN3O3/c1-12(15(21)18-9-6-10-22-2)23-16-14(17)11-20(19-16)13-7-4-3-5-8-13/h3-5,7-8,11-12H,6,9-10H2,1-2H3,(H,18,21)/t12-/m0/s1. The van der Waals surface area contributed by atoms with Crippen LogP contribution in [0.2, 0.25) is 0 Å². The molecule has 0 saturated heterocycles. The number of nitrogens with zero attached hydrogens (tertiary/aromatic N) is 2. The van der Waals surface area contributed by atoms with Crippen LogP contribution in [0.5, 0.6) is 5.88 Å². The summed E-state index contributed by atoms with van der Waals surface area (Å²) in [5.41, 5.74) is 0.916. The number of carbonyl (C=O) groups excluding carboxylic acids is 1. The lowest BCUT2D eigenvalue weighted by Gasteiger charge is -2.13. The fraction of sp³-hybridized carbons (Fsp3) is 0.375. The van der Waals surface area contributed by atoms with Crippen molar-refractivity contribution in [1.29, 1.82) is 0 Å². The molecule has 0 spiro atoms. The first-order chi connectivity index (χ1) is 11.1. The van der Waals surface area contributed by atoms with E-state index in [1.807, 2.05) is 30.3 Å². The molecule has 1 aromatic heterocycles. The van der Waals surface area contributed by atoms with Gasteiger partial charge in [0.25, 0.3) is 5.91 Å². The first kappa shape index (κ1) is 17.5. The minimum absolute atomic E-state index is 0.178. The van der Waals surface area contributed by atoms with E-state index in [0.29, 0.717) is 23.5 Å². The topological polar surface area (TPSA) is 65.4 Å². The number of nitrogens with one attached hydrogen (secondary N) is 1. The smallest absolute Gasteiger partial charge is 0.260 e. The van der Waals surface area contributed by atoms with Crippen molar-refractivity contribution in [3.8, 4) is 11.6 Å². The predicted molar refractivity (Wildman–Crippen MR) is 90.9 cm³/mol. The number of benzene rings is 1. The largest absolute Gasteiger partial charge is 0.463 e. The third-order valence-corrected chi connectivity index (χ3v) is 3.69. The summed E-state index contributed by atoms with van der Waals surface area (Å²) in [7, 11) is 1.63. The van der Waals surface area contributed by atoms with Crippen molar-refractivity contribution in [1.82, 2.24) is 15.1 Å². The second kappa shape index (κ2) is 8.69. The first-order valence-electron chi connectivity index (χ1n) is 7.35. The molecule has 0 radical (unpaired) electrons. The SMILES string of the molecule is COCCCNC(=O)[C@H](C)Oc1nn(-c2ccccc2)cc1Br. The molecule has 0 aliphatic carbocycles. The summed E-state index contributed by atoms with van der Waals surface area (Å²) in [5, 5.41) is 7.16. The highest BCUT2D eigenvalue weighted by molar-refractivity contribution is 9.10. The Balaban J connectivity index is 1.95. The molecular formula is C16H20BrN3O3. The Labute approximate surface area is 143 Å². The number of para-hydroxylation sites is 1. The molecular weight excluding hydrogens is 362 g/mol. The quantitative estimate of drug-likeness (QED) is 0.713. The molecule has 2 rings (SSSR count). The summed E-state index contributed by atoms with van der Waals surface area (Å²) < 4.78 is 13.0. The maximum atomic E-state index is 12.0. The molecule has 6 nitrogen and oxygen atoms in total. The van der Waals surface area contributed by atoms with E-state index >= 15 is 0 Å². The van der Waals surface area contributed by atoms with Gasteiger partial charge in [0.05, 0.1) is 10.2 Å². The maximum Gasteiger partial charge on any atom is 0.260 e. The van der Waals surface area contributed by atoms with Crippen molar-refractivity contribution in [2.45, 2.75) is 19.4 Å². The molecule has 7 heteroatoms. The van der Waals surface area contributed by atoms with Gasteiger partial charge < -0.3 is 14.8 Å². The first-order valence-corrected chi connectivity index (χ1v) is 8.15. The van der Waals surface area contributed by atoms with Gasteiger partial charge in [-0.25, -0.2) is 4.68 Å². The van der Waals surface area contributed by atoms with E-state index in [1.165, 1.54) is 0 Å². The van der Waals surface area contributed by atoms with Gasteiger partial charge in [0.2, 0.25) is 5.88 Å². The Hall–Kier alpha value is -1.86. The molecule has 0 aliphatic heterocycles. The van der Waals surface area contributed by atoms with E-state index in [0.717, 1.165) is 12.1 Å². The van der Waals surface area contributed by atoms with Crippen LogP contribution in [0.1, 0.15) is 13.3 Å². The summed E-state index contributed by atoms with van der Waals surface area (Å²) >= 11 is 3.41. The number of hydrogen-bond acceptors (Lipinski definition) is 4. The van der Waals surface area contributed by atoms with Crippen LogP contribution < -0.4 is 10.1 Å². The number of carbonyl (C=O) groups is 1. The number of halogens is 1. The second-order valence-electron chi connectivity index (χ2n) is 4.96. The van der Waals surface area contributed by atoms with Gasteiger partial charge in [-0.15, -0.1) is 5.10 Å². The highest BCUT2D eigenvalue weighted by Gasteiger charge is 2.18. The minimum Gasteiger partial charge on any atom is -0.463 e. The van der Waals surface area contributed by atoms with Crippen LogP contribution in [0.15, 0.2) is 41.0 Å². The Kier molecular flexibility index (Phi) is 6.61. The zero-order valence-electron chi connectivity index (χ0n) is 13.2. The number of aromatic nitrogens is 2. The van der Waals surface area contributed by atoms with Crippen LogP contribution in [-0.2, 0) is 9.53 Å².